The molecule has 0 aliphatic carbocycles. The smallest absolute Gasteiger partial charge is 0.245 e. The highest BCUT2D eigenvalue weighted by Crippen LogP contribution is 2.29. The predicted octanol–water partition coefficient (Wildman–Crippen LogP) is 0.724. The van der Waals surface area contributed by atoms with Crippen LogP contribution in [0.4, 0.5) is 5.69 Å². The summed E-state index contributed by atoms with van der Waals surface area (Å²) in [5.74, 6) is 0.449. The number of aromatic nitrogens is 3. The molecule has 146 valence electrons. The maximum Gasteiger partial charge on any atom is 0.245 e. The molecule has 0 spiro atoms. The normalized spacial score (nSPS) is 21.9. The molecule has 0 saturated carbocycles. The molecule has 2 aliphatic heterocycles. The highest BCUT2D eigenvalue weighted by molar-refractivity contribution is 5.95. The number of likely N-dealkylation sites (tertiary alicyclic amines) is 1. The zero-order valence-electron chi connectivity index (χ0n) is 15.5. The number of hydrogen-bond donors (Lipinski definition) is 2. The summed E-state index contributed by atoms with van der Waals surface area (Å²) in [6, 6.07) is 1.91. The van der Waals surface area contributed by atoms with Gasteiger partial charge in [-0.1, -0.05) is 6.58 Å². The summed E-state index contributed by atoms with van der Waals surface area (Å²) in [4.78, 5) is 22.6. The molecular weight excluding hydrogens is 358 g/mol. The quantitative estimate of drug-likeness (QED) is 0.459. The number of nitrogens with zero attached hydrogens (tertiary/aromatic N) is 5. The van der Waals surface area contributed by atoms with E-state index in [0.29, 0.717) is 43.5 Å². The maximum atomic E-state index is 11.9. The zero-order chi connectivity index (χ0) is 19.5. The summed E-state index contributed by atoms with van der Waals surface area (Å²) in [5, 5.41) is 7.89. The molecule has 1 amide bonds. The zero-order valence-corrected chi connectivity index (χ0v) is 15.5. The molecule has 1 atom stereocenters. The van der Waals surface area contributed by atoms with Crippen LogP contribution in [0.1, 0.15) is 18.0 Å². The lowest BCUT2D eigenvalue weighted by atomic mass is 10.0. The molecule has 4 heterocycles. The van der Waals surface area contributed by atoms with Gasteiger partial charge in [-0.3, -0.25) is 4.79 Å². The van der Waals surface area contributed by atoms with Gasteiger partial charge in [0.15, 0.2) is 5.65 Å². The summed E-state index contributed by atoms with van der Waals surface area (Å²) >= 11 is 0. The Morgan fingerprint density at radius 3 is 3.18 bits per heavy atom. The molecule has 9 nitrogen and oxygen atoms in total. The molecular formula is C19H23N7O2. The van der Waals surface area contributed by atoms with Crippen molar-refractivity contribution in [1.29, 1.82) is 0 Å². The molecule has 2 aliphatic rings. The fourth-order valence-electron chi connectivity index (χ4n) is 3.49. The standard InChI is InChI=1S/C19H23N7O2/c1-2-18(27)25-6-3-13(11-25)15-10-16(19-22-4-7-26(19)24-15)23-17(20)9-14-12-28-8-5-21-14/h2,4,7,9-10,13,21H,1,3,5-6,8,11-12H2,(H2,20,23)/b14-9-. The van der Waals surface area contributed by atoms with Crippen LogP contribution in [0.3, 0.4) is 0 Å². The van der Waals surface area contributed by atoms with Gasteiger partial charge in [-0.2, -0.15) is 5.10 Å². The van der Waals surface area contributed by atoms with E-state index in [1.165, 1.54) is 6.08 Å². The van der Waals surface area contributed by atoms with Gasteiger partial charge in [0.25, 0.3) is 0 Å². The Kier molecular flexibility index (Phi) is 5.07. The number of nitrogens with two attached hydrogens (primary N) is 1. The number of carbonyl (C=O) groups is 1. The first-order chi connectivity index (χ1) is 13.6. The van der Waals surface area contributed by atoms with Gasteiger partial charge in [0.1, 0.15) is 11.5 Å². The van der Waals surface area contributed by atoms with E-state index in [0.717, 1.165) is 24.4 Å². The van der Waals surface area contributed by atoms with E-state index in [1.54, 1.807) is 27.9 Å². The monoisotopic (exact) mass is 381 g/mol. The Hall–Kier alpha value is -3.20. The van der Waals surface area contributed by atoms with Crippen LogP contribution in [-0.4, -0.2) is 64.1 Å². The molecule has 1 unspecified atom stereocenters. The van der Waals surface area contributed by atoms with Crippen molar-refractivity contribution in [1.82, 2.24) is 24.8 Å². The lowest BCUT2D eigenvalue weighted by molar-refractivity contribution is -0.125. The highest BCUT2D eigenvalue weighted by Gasteiger charge is 2.28. The Balaban J connectivity index is 1.63. The van der Waals surface area contributed by atoms with E-state index in [1.807, 2.05) is 6.07 Å². The minimum atomic E-state index is -0.0532. The van der Waals surface area contributed by atoms with Crippen molar-refractivity contribution in [3.63, 3.8) is 0 Å². The number of ether oxygens (including phenoxy) is 1. The third-order valence-corrected chi connectivity index (χ3v) is 4.88. The average molecular weight is 381 g/mol. The number of amides is 1. The van der Waals surface area contributed by atoms with Gasteiger partial charge in [-0.15, -0.1) is 0 Å². The average Bonchev–Trinajstić information content (AvgIpc) is 3.37. The van der Waals surface area contributed by atoms with Gasteiger partial charge in [0.05, 0.1) is 18.9 Å². The second-order valence-corrected chi connectivity index (χ2v) is 6.81. The number of rotatable bonds is 4. The number of aliphatic imine (C=N–C) groups is 1. The molecule has 2 aromatic heterocycles. The van der Waals surface area contributed by atoms with E-state index in [4.69, 9.17) is 10.5 Å². The Morgan fingerprint density at radius 1 is 1.50 bits per heavy atom. The summed E-state index contributed by atoms with van der Waals surface area (Å²) < 4.78 is 7.11. The van der Waals surface area contributed by atoms with Crippen LogP contribution >= 0.6 is 0 Å². The molecule has 0 bridgehead atoms. The molecule has 2 fully saturated rings. The van der Waals surface area contributed by atoms with Crippen LogP contribution in [0.2, 0.25) is 0 Å². The van der Waals surface area contributed by atoms with Crippen LogP contribution in [0.5, 0.6) is 0 Å². The Labute approximate surface area is 162 Å². The fourth-order valence-corrected chi connectivity index (χ4v) is 3.49. The molecule has 4 rings (SSSR count). The van der Waals surface area contributed by atoms with Crippen molar-refractivity contribution >= 4 is 23.1 Å². The third kappa shape index (κ3) is 3.74. The van der Waals surface area contributed by atoms with E-state index in [2.05, 4.69) is 27.0 Å². The fraction of sp³-hybridized carbons (Fsp3) is 0.368. The number of nitrogens with one attached hydrogen (secondary N) is 1. The molecule has 0 aromatic carbocycles. The van der Waals surface area contributed by atoms with E-state index in [9.17, 15) is 4.79 Å². The van der Waals surface area contributed by atoms with E-state index >= 15 is 0 Å². The number of morpholine rings is 1. The summed E-state index contributed by atoms with van der Waals surface area (Å²) in [6.07, 6.45) is 7.43. The molecule has 9 heteroatoms. The first kappa shape index (κ1) is 18.2. The van der Waals surface area contributed by atoms with Gasteiger partial charge in [0.2, 0.25) is 5.91 Å². The minimum absolute atomic E-state index is 0.0532. The first-order valence-electron chi connectivity index (χ1n) is 9.26. The van der Waals surface area contributed by atoms with Crippen molar-refractivity contribution in [2.24, 2.45) is 10.7 Å². The second kappa shape index (κ2) is 7.81. The van der Waals surface area contributed by atoms with Crippen LogP contribution in [-0.2, 0) is 9.53 Å². The minimum Gasteiger partial charge on any atom is -0.384 e. The number of carbonyl (C=O) groups excluding carboxylic acids is 1. The summed E-state index contributed by atoms with van der Waals surface area (Å²) in [6.45, 7) is 6.80. The van der Waals surface area contributed by atoms with Crippen LogP contribution < -0.4 is 11.1 Å². The number of amidine groups is 1. The predicted molar refractivity (Wildman–Crippen MR) is 105 cm³/mol. The number of imidazole rings is 1. The van der Waals surface area contributed by atoms with Crippen molar-refractivity contribution in [2.45, 2.75) is 12.3 Å². The topological polar surface area (TPSA) is 110 Å². The van der Waals surface area contributed by atoms with Gasteiger partial charge in [-0.05, 0) is 18.6 Å². The first-order valence-corrected chi connectivity index (χ1v) is 9.26. The lowest BCUT2D eigenvalue weighted by Gasteiger charge is -2.17. The van der Waals surface area contributed by atoms with Gasteiger partial charge >= 0.3 is 0 Å². The van der Waals surface area contributed by atoms with Crippen molar-refractivity contribution < 1.29 is 9.53 Å². The van der Waals surface area contributed by atoms with E-state index in [-0.39, 0.29) is 11.8 Å². The Bertz CT molecular complexity index is 954. The van der Waals surface area contributed by atoms with Crippen LogP contribution in [0.15, 0.2) is 47.9 Å². The van der Waals surface area contributed by atoms with Gasteiger partial charge in [0, 0.05) is 49.7 Å². The van der Waals surface area contributed by atoms with Crippen molar-refractivity contribution in [3.05, 3.63) is 48.6 Å². The SMILES string of the molecule is C=CC(=O)N1CCC(c2cc(N=C(N)/C=C3/COCCN3)c3nccn3n2)C1. The molecule has 2 aromatic rings. The highest BCUT2D eigenvalue weighted by atomic mass is 16.5. The van der Waals surface area contributed by atoms with Crippen LogP contribution in [0.25, 0.3) is 5.65 Å². The lowest BCUT2D eigenvalue weighted by Crippen LogP contribution is -2.30. The number of fused-ring (bicyclic) bond motifs is 1. The van der Waals surface area contributed by atoms with Crippen molar-refractivity contribution in [3.8, 4) is 0 Å². The Morgan fingerprint density at radius 2 is 2.39 bits per heavy atom. The largest absolute Gasteiger partial charge is 0.384 e. The maximum absolute atomic E-state index is 11.9. The molecule has 2 saturated heterocycles. The molecule has 28 heavy (non-hydrogen) atoms. The molecule has 0 radical (unpaired) electrons. The van der Waals surface area contributed by atoms with Gasteiger partial charge in [-0.25, -0.2) is 14.5 Å². The second-order valence-electron chi connectivity index (χ2n) is 6.81. The van der Waals surface area contributed by atoms with Crippen LogP contribution in [0, 0.1) is 0 Å². The van der Waals surface area contributed by atoms with E-state index < -0.39 is 0 Å². The summed E-state index contributed by atoms with van der Waals surface area (Å²) in [5.41, 5.74) is 9.18. The third-order valence-electron chi connectivity index (χ3n) is 4.88. The van der Waals surface area contributed by atoms with Gasteiger partial charge < -0.3 is 20.7 Å². The number of hydrogen-bond acceptors (Lipinski definition) is 6. The summed E-state index contributed by atoms with van der Waals surface area (Å²) in [7, 11) is 0. The van der Waals surface area contributed by atoms with Crippen molar-refractivity contribution in [2.75, 3.05) is 32.8 Å². The molecule has 3 N–H and O–H groups in total.